The molecule has 3 rings (SSSR count). The van der Waals surface area contributed by atoms with Gasteiger partial charge in [0.15, 0.2) is 11.2 Å². The lowest BCUT2D eigenvalue weighted by atomic mass is 10.3. The summed E-state index contributed by atoms with van der Waals surface area (Å²) in [6, 6.07) is 5.25. The maximum Gasteiger partial charge on any atom is 0.348 e. The van der Waals surface area contributed by atoms with Crippen LogP contribution in [0.25, 0.3) is 11.2 Å². The fraction of sp³-hybridized carbons (Fsp3) is 0.267. The largest absolute Gasteiger partial charge is 0.437 e. The summed E-state index contributed by atoms with van der Waals surface area (Å²) in [5.41, 5.74) is 1.92. The van der Waals surface area contributed by atoms with Crippen LogP contribution in [0.4, 0.5) is 0 Å². The summed E-state index contributed by atoms with van der Waals surface area (Å²) in [4.78, 5) is 35.9. The predicted molar refractivity (Wildman–Crippen MR) is 81.6 cm³/mol. The minimum atomic E-state index is -0.441. The molecule has 8 heteroatoms. The molecular weight excluding hydrogens is 298 g/mol. The van der Waals surface area contributed by atoms with Gasteiger partial charge >= 0.3 is 5.69 Å². The van der Waals surface area contributed by atoms with Gasteiger partial charge in [-0.25, -0.2) is 9.78 Å². The van der Waals surface area contributed by atoms with E-state index in [0.29, 0.717) is 28.5 Å². The fourth-order valence-corrected chi connectivity index (χ4v) is 2.23. The van der Waals surface area contributed by atoms with Gasteiger partial charge < -0.3 is 9.73 Å². The van der Waals surface area contributed by atoms with E-state index < -0.39 is 5.69 Å². The van der Waals surface area contributed by atoms with Gasteiger partial charge in [0.1, 0.15) is 6.54 Å². The first kappa shape index (κ1) is 14.9. The van der Waals surface area contributed by atoms with Gasteiger partial charge in [0.05, 0.1) is 6.54 Å². The van der Waals surface area contributed by atoms with E-state index >= 15 is 0 Å². The molecule has 0 spiro atoms. The third-order valence-corrected chi connectivity index (χ3v) is 3.29. The van der Waals surface area contributed by atoms with Crippen molar-refractivity contribution < 1.29 is 9.21 Å². The molecule has 0 aliphatic carbocycles. The normalized spacial score (nSPS) is 10.9. The Morgan fingerprint density at radius 1 is 1.35 bits per heavy atom. The minimum Gasteiger partial charge on any atom is -0.437 e. The first-order chi connectivity index (χ1) is 11.0. The van der Waals surface area contributed by atoms with Crippen molar-refractivity contribution in [2.24, 2.45) is 0 Å². The van der Waals surface area contributed by atoms with E-state index in [2.05, 4.69) is 20.3 Å². The van der Waals surface area contributed by atoms with Crippen molar-refractivity contribution in [3.8, 4) is 0 Å². The smallest absolute Gasteiger partial charge is 0.348 e. The maximum absolute atomic E-state index is 12.0. The average Bonchev–Trinajstić information content (AvgIpc) is 2.91. The van der Waals surface area contributed by atoms with E-state index in [9.17, 15) is 9.59 Å². The first-order valence-corrected chi connectivity index (χ1v) is 7.05. The molecule has 3 aromatic rings. The van der Waals surface area contributed by atoms with Gasteiger partial charge in [-0.3, -0.25) is 9.36 Å². The molecular formula is C15H15N5O3. The van der Waals surface area contributed by atoms with Crippen LogP contribution in [0.1, 0.15) is 17.3 Å². The third kappa shape index (κ3) is 3.25. The van der Waals surface area contributed by atoms with Crippen LogP contribution >= 0.6 is 0 Å². The summed E-state index contributed by atoms with van der Waals surface area (Å²) in [5, 5.41) is 2.67. The highest BCUT2D eigenvalue weighted by Crippen LogP contribution is 2.11. The fourth-order valence-electron chi connectivity index (χ4n) is 2.23. The van der Waals surface area contributed by atoms with Crippen LogP contribution in [0, 0.1) is 13.8 Å². The highest BCUT2D eigenvalue weighted by Gasteiger charge is 2.11. The van der Waals surface area contributed by atoms with Crippen molar-refractivity contribution in [1.82, 2.24) is 24.8 Å². The molecule has 23 heavy (non-hydrogen) atoms. The van der Waals surface area contributed by atoms with Crippen LogP contribution in [0.3, 0.4) is 0 Å². The Hall–Kier alpha value is -3.03. The zero-order valence-electron chi connectivity index (χ0n) is 12.7. The molecule has 0 aliphatic rings. The zero-order valence-corrected chi connectivity index (χ0v) is 12.7. The Balaban J connectivity index is 1.67. The van der Waals surface area contributed by atoms with Crippen molar-refractivity contribution in [2.45, 2.75) is 26.9 Å². The van der Waals surface area contributed by atoms with Gasteiger partial charge in [-0.1, -0.05) is 0 Å². The van der Waals surface area contributed by atoms with Crippen LogP contribution in [0.15, 0.2) is 33.6 Å². The van der Waals surface area contributed by atoms with Crippen LogP contribution in [0.2, 0.25) is 0 Å². The molecule has 8 nitrogen and oxygen atoms in total. The number of pyridine rings is 1. The van der Waals surface area contributed by atoms with Crippen LogP contribution < -0.4 is 11.0 Å². The third-order valence-electron chi connectivity index (χ3n) is 3.29. The van der Waals surface area contributed by atoms with E-state index in [0.717, 1.165) is 0 Å². The Morgan fingerprint density at radius 3 is 2.91 bits per heavy atom. The summed E-state index contributed by atoms with van der Waals surface area (Å²) in [6.45, 7) is 3.52. The number of nitrogens with one attached hydrogen (secondary N) is 1. The number of aromatic nitrogens is 4. The molecule has 3 heterocycles. The van der Waals surface area contributed by atoms with Gasteiger partial charge in [0.2, 0.25) is 11.8 Å². The summed E-state index contributed by atoms with van der Waals surface area (Å²) < 4.78 is 6.78. The van der Waals surface area contributed by atoms with E-state index in [4.69, 9.17) is 4.42 Å². The van der Waals surface area contributed by atoms with Crippen LogP contribution in [-0.4, -0.2) is 25.4 Å². The van der Waals surface area contributed by atoms with Crippen molar-refractivity contribution in [3.63, 3.8) is 0 Å². The van der Waals surface area contributed by atoms with Gasteiger partial charge in [0, 0.05) is 17.6 Å². The quantitative estimate of drug-likeness (QED) is 0.761. The number of nitrogens with zero attached hydrogens (tertiary/aromatic N) is 4. The molecule has 0 aliphatic heterocycles. The predicted octanol–water partition coefficient (Wildman–Crippen LogP) is 0.713. The molecule has 0 atom stereocenters. The summed E-state index contributed by atoms with van der Waals surface area (Å²) in [7, 11) is 0. The van der Waals surface area contributed by atoms with Crippen molar-refractivity contribution in [3.05, 3.63) is 52.2 Å². The molecule has 0 fully saturated rings. The maximum atomic E-state index is 12.0. The lowest BCUT2D eigenvalue weighted by Crippen LogP contribution is -2.34. The lowest BCUT2D eigenvalue weighted by Gasteiger charge is -2.09. The van der Waals surface area contributed by atoms with Crippen LogP contribution in [0.5, 0.6) is 0 Å². The van der Waals surface area contributed by atoms with E-state index in [-0.39, 0.29) is 19.0 Å². The SMILES string of the molecule is Cc1cc(C)n(CC(=O)NCc2nc3ncccc3o2)c(=O)n1. The summed E-state index contributed by atoms with van der Waals surface area (Å²) in [5.74, 6) is 0.0363. The Bertz CT molecular complexity index is 895. The number of aryl methyl sites for hydroxylation is 2. The number of rotatable bonds is 4. The summed E-state index contributed by atoms with van der Waals surface area (Å²) in [6.07, 6.45) is 1.62. The average molecular weight is 313 g/mol. The van der Waals surface area contributed by atoms with Crippen molar-refractivity contribution in [1.29, 1.82) is 0 Å². The van der Waals surface area contributed by atoms with Gasteiger partial charge in [0.25, 0.3) is 0 Å². The molecule has 0 unspecified atom stereocenters. The Kier molecular flexibility index (Phi) is 3.88. The molecule has 118 valence electrons. The number of amides is 1. The number of hydrogen-bond donors (Lipinski definition) is 1. The molecule has 0 saturated carbocycles. The molecule has 0 saturated heterocycles. The minimum absolute atomic E-state index is 0.101. The molecule has 1 N–H and O–H groups in total. The molecule has 0 aromatic carbocycles. The second-order valence-electron chi connectivity index (χ2n) is 5.12. The second kappa shape index (κ2) is 5.99. The molecule has 1 amide bonds. The van der Waals surface area contributed by atoms with E-state index in [1.54, 1.807) is 38.2 Å². The zero-order chi connectivity index (χ0) is 16.4. The molecule has 0 radical (unpaired) electrons. The van der Waals surface area contributed by atoms with Crippen molar-refractivity contribution in [2.75, 3.05) is 0 Å². The number of carbonyl (C=O) groups is 1. The van der Waals surface area contributed by atoms with Gasteiger partial charge in [-0.05, 0) is 32.0 Å². The monoisotopic (exact) mass is 313 g/mol. The highest BCUT2D eigenvalue weighted by atomic mass is 16.3. The van der Waals surface area contributed by atoms with Crippen LogP contribution in [-0.2, 0) is 17.9 Å². The topological polar surface area (TPSA) is 103 Å². The highest BCUT2D eigenvalue weighted by molar-refractivity contribution is 5.75. The number of hydrogen-bond acceptors (Lipinski definition) is 6. The van der Waals surface area contributed by atoms with E-state index in [1.165, 1.54) is 4.57 Å². The first-order valence-electron chi connectivity index (χ1n) is 7.05. The summed E-state index contributed by atoms with van der Waals surface area (Å²) >= 11 is 0. The number of oxazole rings is 1. The number of fused-ring (bicyclic) bond motifs is 1. The Morgan fingerprint density at radius 2 is 2.17 bits per heavy atom. The second-order valence-corrected chi connectivity index (χ2v) is 5.12. The molecule has 0 bridgehead atoms. The van der Waals surface area contributed by atoms with Gasteiger partial charge in [-0.2, -0.15) is 9.97 Å². The standard InChI is InChI=1S/C15H15N5O3/c1-9-6-10(2)20(15(22)18-9)8-12(21)17-7-13-19-14-11(23-13)4-3-5-16-14/h3-6H,7-8H2,1-2H3,(H,17,21). The lowest BCUT2D eigenvalue weighted by molar-refractivity contribution is -0.122. The molecule has 3 aromatic heterocycles. The van der Waals surface area contributed by atoms with E-state index in [1.807, 2.05) is 0 Å². The van der Waals surface area contributed by atoms with Crippen molar-refractivity contribution >= 4 is 17.1 Å². The Labute approximate surface area is 131 Å². The number of carbonyl (C=O) groups excluding carboxylic acids is 1. The van der Waals surface area contributed by atoms with Gasteiger partial charge in [-0.15, -0.1) is 0 Å².